The van der Waals surface area contributed by atoms with Crippen molar-refractivity contribution in [3.05, 3.63) is 30.5 Å². The van der Waals surface area contributed by atoms with Crippen LogP contribution in [0, 0.1) is 0 Å². The van der Waals surface area contributed by atoms with Gasteiger partial charge in [0.25, 0.3) is 0 Å². The fourth-order valence-electron chi connectivity index (χ4n) is 2.83. The normalized spacial score (nSPS) is 19.3. The molecular weight excluding hydrogens is 248 g/mol. The van der Waals surface area contributed by atoms with Crippen molar-refractivity contribution < 1.29 is 0 Å². The smallest absolute Gasteiger partial charge is 0.136 e. The highest BCUT2D eigenvalue weighted by atomic mass is 15.2. The molecule has 20 heavy (non-hydrogen) atoms. The molecule has 0 atom stereocenters. The van der Waals surface area contributed by atoms with Crippen molar-refractivity contribution in [2.75, 3.05) is 36.4 Å². The molecule has 104 valence electrons. The molecule has 1 saturated heterocycles. The first-order valence-electron chi connectivity index (χ1n) is 7.51. The summed E-state index contributed by atoms with van der Waals surface area (Å²) in [5, 5.41) is 9.51. The zero-order valence-corrected chi connectivity index (χ0v) is 11.6. The number of nitrogens with zero attached hydrogens (tertiary/aromatic N) is 2. The van der Waals surface area contributed by atoms with E-state index >= 15 is 0 Å². The molecule has 2 aliphatic rings. The lowest BCUT2D eigenvalue weighted by Crippen LogP contribution is -2.43. The van der Waals surface area contributed by atoms with Gasteiger partial charge >= 0.3 is 0 Å². The van der Waals surface area contributed by atoms with Crippen LogP contribution in [0.2, 0.25) is 0 Å². The number of fused-ring (bicyclic) bond motifs is 1. The van der Waals surface area contributed by atoms with Gasteiger partial charge in [-0.25, -0.2) is 4.98 Å². The topological polar surface area (TPSA) is 40.2 Å². The van der Waals surface area contributed by atoms with E-state index in [1.54, 1.807) is 0 Å². The van der Waals surface area contributed by atoms with Gasteiger partial charge < -0.3 is 15.5 Å². The first kappa shape index (κ1) is 12.0. The Morgan fingerprint density at radius 1 is 1.15 bits per heavy atom. The van der Waals surface area contributed by atoms with Gasteiger partial charge in [-0.3, -0.25) is 0 Å². The van der Waals surface area contributed by atoms with Crippen LogP contribution >= 0.6 is 0 Å². The predicted molar refractivity (Wildman–Crippen MR) is 83.5 cm³/mol. The molecule has 1 aliphatic carbocycles. The van der Waals surface area contributed by atoms with Crippen molar-refractivity contribution in [2.45, 2.75) is 18.9 Å². The minimum Gasteiger partial charge on any atom is -0.382 e. The second-order valence-corrected chi connectivity index (χ2v) is 5.73. The number of aromatic nitrogens is 1. The average molecular weight is 268 g/mol. The average Bonchev–Trinajstić information content (AvgIpc) is 3.31. The molecule has 1 aromatic heterocycles. The SMILES string of the molecule is c1cc2ccc(NC3CC3)cc2c(N2CCNCC2)n1. The molecule has 0 radical (unpaired) electrons. The van der Waals surface area contributed by atoms with E-state index in [4.69, 9.17) is 0 Å². The highest BCUT2D eigenvalue weighted by molar-refractivity contribution is 5.94. The van der Waals surface area contributed by atoms with E-state index in [2.05, 4.69) is 44.8 Å². The molecule has 2 N–H and O–H groups in total. The summed E-state index contributed by atoms with van der Waals surface area (Å²) in [6.45, 7) is 4.15. The van der Waals surface area contributed by atoms with Crippen LogP contribution in [0.25, 0.3) is 10.8 Å². The van der Waals surface area contributed by atoms with E-state index in [9.17, 15) is 0 Å². The van der Waals surface area contributed by atoms with Crippen LogP contribution in [0.1, 0.15) is 12.8 Å². The van der Waals surface area contributed by atoms with Gasteiger partial charge in [0.15, 0.2) is 0 Å². The van der Waals surface area contributed by atoms with Crippen LogP contribution in [-0.4, -0.2) is 37.2 Å². The number of anilines is 2. The van der Waals surface area contributed by atoms with Gasteiger partial charge in [0.05, 0.1) is 0 Å². The third-order valence-corrected chi connectivity index (χ3v) is 4.11. The summed E-state index contributed by atoms with van der Waals surface area (Å²) in [4.78, 5) is 7.03. The molecule has 2 aromatic rings. The van der Waals surface area contributed by atoms with E-state index < -0.39 is 0 Å². The summed E-state index contributed by atoms with van der Waals surface area (Å²) in [7, 11) is 0. The van der Waals surface area contributed by atoms with Crippen LogP contribution in [-0.2, 0) is 0 Å². The summed E-state index contributed by atoms with van der Waals surface area (Å²) in [6, 6.07) is 9.43. The number of hydrogen-bond donors (Lipinski definition) is 2. The summed E-state index contributed by atoms with van der Waals surface area (Å²) in [5.41, 5.74) is 1.23. The molecule has 2 heterocycles. The van der Waals surface area contributed by atoms with Gasteiger partial charge in [-0.05, 0) is 36.4 Å². The summed E-state index contributed by atoms with van der Waals surface area (Å²) in [5.74, 6) is 1.13. The lowest BCUT2D eigenvalue weighted by molar-refractivity contribution is 0.586. The highest BCUT2D eigenvalue weighted by Crippen LogP contribution is 2.30. The number of hydrogen-bond acceptors (Lipinski definition) is 4. The summed E-state index contributed by atoms with van der Waals surface area (Å²) < 4.78 is 0. The second-order valence-electron chi connectivity index (χ2n) is 5.73. The van der Waals surface area contributed by atoms with E-state index in [-0.39, 0.29) is 0 Å². The minimum atomic E-state index is 0.687. The maximum absolute atomic E-state index is 4.64. The molecule has 1 aliphatic heterocycles. The number of benzene rings is 1. The second kappa shape index (κ2) is 4.94. The van der Waals surface area contributed by atoms with Crippen molar-refractivity contribution in [1.82, 2.24) is 10.3 Å². The third-order valence-electron chi connectivity index (χ3n) is 4.11. The zero-order valence-electron chi connectivity index (χ0n) is 11.6. The van der Waals surface area contributed by atoms with Crippen molar-refractivity contribution in [3.63, 3.8) is 0 Å². The van der Waals surface area contributed by atoms with Crippen molar-refractivity contribution >= 4 is 22.3 Å². The highest BCUT2D eigenvalue weighted by Gasteiger charge is 2.21. The van der Waals surface area contributed by atoms with E-state index in [0.717, 1.165) is 32.0 Å². The number of nitrogens with one attached hydrogen (secondary N) is 2. The largest absolute Gasteiger partial charge is 0.382 e. The van der Waals surface area contributed by atoms with E-state index in [1.807, 2.05) is 6.20 Å². The lowest BCUT2D eigenvalue weighted by atomic mass is 10.1. The van der Waals surface area contributed by atoms with Gasteiger partial charge in [0.2, 0.25) is 0 Å². The van der Waals surface area contributed by atoms with Gasteiger partial charge in [-0.15, -0.1) is 0 Å². The van der Waals surface area contributed by atoms with Crippen molar-refractivity contribution in [1.29, 1.82) is 0 Å². The molecule has 0 unspecified atom stereocenters. The Kier molecular flexibility index (Phi) is 2.96. The predicted octanol–water partition coefficient (Wildman–Crippen LogP) is 2.22. The zero-order chi connectivity index (χ0) is 13.4. The molecule has 0 bridgehead atoms. The Hall–Kier alpha value is -1.81. The fourth-order valence-corrected chi connectivity index (χ4v) is 2.83. The first-order chi connectivity index (χ1) is 9.90. The standard InChI is InChI=1S/C16H20N4/c1-2-14(19-13-3-4-13)11-15-12(1)5-6-18-16(15)20-9-7-17-8-10-20/h1-2,5-6,11,13,17,19H,3-4,7-10H2. The third kappa shape index (κ3) is 2.31. The molecule has 0 amide bonds. The first-order valence-corrected chi connectivity index (χ1v) is 7.51. The van der Waals surface area contributed by atoms with E-state index in [1.165, 1.54) is 29.3 Å². The monoisotopic (exact) mass is 268 g/mol. The molecule has 0 spiro atoms. The number of pyridine rings is 1. The van der Waals surface area contributed by atoms with Crippen molar-refractivity contribution in [2.24, 2.45) is 0 Å². The number of piperazine rings is 1. The molecule has 4 nitrogen and oxygen atoms in total. The maximum atomic E-state index is 4.64. The van der Waals surface area contributed by atoms with Crippen LogP contribution in [0.5, 0.6) is 0 Å². The molecular formula is C16H20N4. The number of rotatable bonds is 3. The quantitative estimate of drug-likeness (QED) is 0.895. The molecule has 4 heteroatoms. The Bertz CT molecular complexity index is 615. The van der Waals surface area contributed by atoms with E-state index in [0.29, 0.717) is 6.04 Å². The van der Waals surface area contributed by atoms with Crippen LogP contribution in [0.3, 0.4) is 0 Å². The molecule has 2 fully saturated rings. The molecule has 1 saturated carbocycles. The molecule has 4 rings (SSSR count). The Morgan fingerprint density at radius 2 is 2.00 bits per heavy atom. The molecule has 1 aromatic carbocycles. The minimum absolute atomic E-state index is 0.687. The maximum Gasteiger partial charge on any atom is 0.136 e. The van der Waals surface area contributed by atoms with Crippen LogP contribution < -0.4 is 15.5 Å². The lowest BCUT2D eigenvalue weighted by Gasteiger charge is -2.29. The van der Waals surface area contributed by atoms with Crippen LogP contribution in [0.4, 0.5) is 11.5 Å². The fraction of sp³-hybridized carbons (Fsp3) is 0.438. The Labute approximate surface area is 119 Å². The van der Waals surface area contributed by atoms with Gasteiger partial charge in [-0.2, -0.15) is 0 Å². The Morgan fingerprint density at radius 3 is 2.80 bits per heavy atom. The summed E-state index contributed by atoms with van der Waals surface area (Å²) in [6.07, 6.45) is 4.53. The summed E-state index contributed by atoms with van der Waals surface area (Å²) >= 11 is 0. The van der Waals surface area contributed by atoms with Gasteiger partial charge in [0.1, 0.15) is 5.82 Å². The van der Waals surface area contributed by atoms with Crippen molar-refractivity contribution in [3.8, 4) is 0 Å². The van der Waals surface area contributed by atoms with Crippen LogP contribution in [0.15, 0.2) is 30.5 Å². The van der Waals surface area contributed by atoms with Gasteiger partial charge in [0, 0.05) is 49.5 Å². The Balaban J connectivity index is 1.73. The van der Waals surface area contributed by atoms with Gasteiger partial charge in [-0.1, -0.05) is 6.07 Å².